The molecule has 5 rings (SSSR count). The Balaban J connectivity index is 1.02. The number of fused-ring (bicyclic) bond motifs is 2. The van der Waals surface area contributed by atoms with Gasteiger partial charge in [-0.2, -0.15) is 13.2 Å². The first-order valence-corrected chi connectivity index (χ1v) is 18.8. The van der Waals surface area contributed by atoms with Gasteiger partial charge in [0.25, 0.3) is 5.91 Å². The molecule has 14 nitrogen and oxygen atoms in total. The maximum atomic E-state index is 13.8. The number of Topliss-reactive ketones (excluding diaryl/α,β-unsaturated/α-hetero) is 1. The zero-order chi connectivity index (χ0) is 41.2. The molecule has 2 N–H and O–H groups in total. The number of nitrogens with zero attached hydrogens (tertiary/aromatic N) is 2. The van der Waals surface area contributed by atoms with Crippen LogP contribution in [0.2, 0.25) is 0 Å². The number of halogens is 4. The molecule has 0 aromatic heterocycles. The van der Waals surface area contributed by atoms with Crippen LogP contribution in [0.1, 0.15) is 62.1 Å². The van der Waals surface area contributed by atoms with Crippen LogP contribution in [0.25, 0.3) is 0 Å². The van der Waals surface area contributed by atoms with E-state index in [-0.39, 0.29) is 68.6 Å². The van der Waals surface area contributed by atoms with Crippen LogP contribution >= 0.6 is 0 Å². The Bertz CT molecular complexity index is 1790. The molecule has 0 radical (unpaired) electrons. The molecular formula is C39H46F4N4O10. The SMILES string of the molecule is C[C@H](N(Cc1ccc(F)cc1)C(=O)CN1C(=O)O[C@@]2(CCc3cc(NC(=O)CCC(=O)NCCOCCOCCOCC(=O)C4CCC4)ccc32)C1=O)C(F)(F)F. The normalized spacial score (nSPS) is 18.2. The van der Waals surface area contributed by atoms with Crippen LogP contribution < -0.4 is 10.6 Å². The summed E-state index contributed by atoms with van der Waals surface area (Å²) in [5.41, 5.74) is -0.348. The van der Waals surface area contributed by atoms with Gasteiger partial charge in [-0.15, -0.1) is 0 Å². The number of amides is 5. The average Bonchev–Trinajstić information content (AvgIpc) is 3.62. The van der Waals surface area contributed by atoms with Crippen LogP contribution in [-0.2, 0) is 61.5 Å². The number of carbonyl (C=O) groups excluding carboxylic acids is 6. The number of hydrogen-bond donors (Lipinski definition) is 2. The number of imide groups is 1. The summed E-state index contributed by atoms with van der Waals surface area (Å²) in [6, 6.07) is 6.82. The maximum absolute atomic E-state index is 13.8. The first-order chi connectivity index (χ1) is 27.2. The lowest BCUT2D eigenvalue weighted by Gasteiger charge is -2.31. The van der Waals surface area contributed by atoms with Gasteiger partial charge < -0.3 is 34.5 Å². The third-order valence-corrected chi connectivity index (χ3v) is 10.2. The molecule has 3 aliphatic rings. The molecule has 1 saturated heterocycles. The van der Waals surface area contributed by atoms with Crippen molar-refractivity contribution in [3.8, 4) is 0 Å². The summed E-state index contributed by atoms with van der Waals surface area (Å²) < 4.78 is 76.3. The van der Waals surface area contributed by atoms with Crippen molar-refractivity contribution >= 4 is 41.2 Å². The van der Waals surface area contributed by atoms with Gasteiger partial charge in [-0.3, -0.25) is 24.0 Å². The van der Waals surface area contributed by atoms with E-state index >= 15 is 0 Å². The quantitative estimate of drug-likeness (QED) is 0.138. The molecule has 57 heavy (non-hydrogen) atoms. The van der Waals surface area contributed by atoms with Gasteiger partial charge in [0, 0.05) is 49.5 Å². The Morgan fingerprint density at radius 2 is 1.61 bits per heavy atom. The minimum atomic E-state index is -4.83. The fraction of sp³-hybridized carbons (Fsp3) is 0.538. The first kappa shape index (κ1) is 43.2. The molecule has 1 saturated carbocycles. The summed E-state index contributed by atoms with van der Waals surface area (Å²) in [6.45, 7) is 1.07. The number of alkyl halides is 3. The lowest BCUT2D eigenvalue weighted by Crippen LogP contribution is -2.51. The molecule has 0 bridgehead atoms. The second-order valence-electron chi connectivity index (χ2n) is 14.1. The Kier molecular flexibility index (Phi) is 14.8. The Hall–Kier alpha value is -4.94. The molecule has 2 aromatic rings. The highest BCUT2D eigenvalue weighted by atomic mass is 19.4. The summed E-state index contributed by atoms with van der Waals surface area (Å²) in [7, 11) is 0. The minimum absolute atomic E-state index is 0.00258. The lowest BCUT2D eigenvalue weighted by molar-refractivity contribution is -0.187. The largest absolute Gasteiger partial charge is 0.427 e. The molecular weight excluding hydrogens is 760 g/mol. The van der Waals surface area contributed by atoms with Gasteiger partial charge in [-0.05, 0) is 61.6 Å². The van der Waals surface area contributed by atoms with Crippen molar-refractivity contribution in [3.05, 3.63) is 65.0 Å². The highest BCUT2D eigenvalue weighted by Gasteiger charge is 2.58. The molecule has 1 spiro atoms. The summed E-state index contributed by atoms with van der Waals surface area (Å²) in [5, 5.41) is 5.36. The van der Waals surface area contributed by atoms with E-state index < -0.39 is 60.5 Å². The number of aryl methyl sites for hydroxylation is 1. The predicted molar refractivity (Wildman–Crippen MR) is 193 cm³/mol. The molecule has 2 atom stereocenters. The lowest BCUT2D eigenvalue weighted by atomic mass is 9.82. The zero-order valence-electron chi connectivity index (χ0n) is 31.5. The van der Waals surface area contributed by atoms with Crippen molar-refractivity contribution in [2.45, 2.75) is 76.2 Å². The molecule has 2 aliphatic carbocycles. The number of ketones is 1. The zero-order valence-corrected chi connectivity index (χ0v) is 31.5. The van der Waals surface area contributed by atoms with Gasteiger partial charge in [0.15, 0.2) is 5.78 Å². The third-order valence-electron chi connectivity index (χ3n) is 10.2. The summed E-state index contributed by atoms with van der Waals surface area (Å²) >= 11 is 0. The van der Waals surface area contributed by atoms with Gasteiger partial charge >= 0.3 is 12.3 Å². The molecule has 2 aromatic carbocycles. The first-order valence-electron chi connectivity index (χ1n) is 18.8. The van der Waals surface area contributed by atoms with E-state index in [1.54, 1.807) is 6.07 Å². The molecule has 0 unspecified atom stereocenters. The van der Waals surface area contributed by atoms with Crippen LogP contribution in [0.15, 0.2) is 42.5 Å². The van der Waals surface area contributed by atoms with E-state index in [0.717, 1.165) is 38.3 Å². The molecule has 2 fully saturated rings. The molecule has 18 heteroatoms. The van der Waals surface area contributed by atoms with E-state index in [1.165, 1.54) is 24.3 Å². The summed E-state index contributed by atoms with van der Waals surface area (Å²) in [5.74, 6) is -3.20. The standard InChI is InChI=1S/C39H46F4N4O10/c1-25(39(41,42)43)46(22-26-5-7-29(40)8-6-26)35(51)23-47-36(52)38(57-37(47)53)14-13-28-21-30(9-10-31(28)38)45-34(50)12-11-33(49)44-15-16-54-17-18-55-19-20-56-24-32(48)27-3-2-4-27/h5-10,21,25,27H,2-4,11-20,22-24H2,1H3,(H,44,49)(H,45,50)/t25-,38+/m0/s1. The Morgan fingerprint density at radius 1 is 0.947 bits per heavy atom. The molecule has 310 valence electrons. The van der Waals surface area contributed by atoms with Gasteiger partial charge in [0.05, 0.1) is 33.0 Å². The van der Waals surface area contributed by atoms with Crippen molar-refractivity contribution < 1.29 is 65.3 Å². The Labute approximate surface area is 326 Å². The molecule has 1 heterocycles. The topological polar surface area (TPSA) is 170 Å². The second-order valence-corrected chi connectivity index (χ2v) is 14.1. The fourth-order valence-electron chi connectivity index (χ4n) is 6.62. The Morgan fingerprint density at radius 3 is 2.28 bits per heavy atom. The third kappa shape index (κ3) is 11.3. The van der Waals surface area contributed by atoms with Crippen LogP contribution in [0, 0.1) is 11.7 Å². The van der Waals surface area contributed by atoms with Crippen LogP contribution in [-0.4, -0.2) is 110 Å². The number of rotatable bonds is 21. The number of benzene rings is 2. The van der Waals surface area contributed by atoms with Crippen molar-refractivity contribution in [1.82, 2.24) is 15.1 Å². The average molecular weight is 807 g/mol. The van der Waals surface area contributed by atoms with E-state index in [2.05, 4.69) is 10.6 Å². The van der Waals surface area contributed by atoms with Crippen molar-refractivity contribution in [1.29, 1.82) is 0 Å². The van der Waals surface area contributed by atoms with E-state index in [9.17, 15) is 46.3 Å². The van der Waals surface area contributed by atoms with E-state index in [1.807, 2.05) is 0 Å². The number of anilines is 1. The number of hydrogen-bond acceptors (Lipinski definition) is 10. The van der Waals surface area contributed by atoms with Gasteiger partial charge in [-0.25, -0.2) is 14.1 Å². The van der Waals surface area contributed by atoms with Gasteiger partial charge in [0.2, 0.25) is 23.3 Å². The van der Waals surface area contributed by atoms with Crippen LogP contribution in [0.4, 0.5) is 28.0 Å². The van der Waals surface area contributed by atoms with E-state index in [4.69, 9.17) is 18.9 Å². The second kappa shape index (κ2) is 19.5. The summed E-state index contributed by atoms with van der Waals surface area (Å²) in [4.78, 5) is 77.5. The molecule has 5 amide bonds. The minimum Gasteiger partial charge on any atom is -0.427 e. The number of ether oxygens (including phenoxy) is 4. The van der Waals surface area contributed by atoms with Gasteiger partial charge in [-0.1, -0.05) is 24.6 Å². The molecule has 1 aliphatic heterocycles. The van der Waals surface area contributed by atoms with Crippen molar-refractivity contribution in [2.24, 2.45) is 5.92 Å². The van der Waals surface area contributed by atoms with Crippen LogP contribution in [0.5, 0.6) is 0 Å². The monoisotopic (exact) mass is 806 g/mol. The smallest absolute Gasteiger partial charge is 0.418 e. The van der Waals surface area contributed by atoms with E-state index in [0.29, 0.717) is 53.0 Å². The highest BCUT2D eigenvalue weighted by Crippen LogP contribution is 2.46. The van der Waals surface area contributed by atoms with Crippen LogP contribution in [0.3, 0.4) is 0 Å². The highest BCUT2D eigenvalue weighted by molar-refractivity contribution is 6.06. The fourth-order valence-corrected chi connectivity index (χ4v) is 6.62. The van der Waals surface area contributed by atoms with Gasteiger partial charge in [0.1, 0.15) is 25.0 Å². The number of carbonyl (C=O) groups is 6. The van der Waals surface area contributed by atoms with Crippen molar-refractivity contribution in [3.63, 3.8) is 0 Å². The summed E-state index contributed by atoms with van der Waals surface area (Å²) in [6.07, 6.45) is -3.00. The number of nitrogens with one attached hydrogen (secondary N) is 2. The van der Waals surface area contributed by atoms with Crippen molar-refractivity contribution in [2.75, 3.05) is 58.0 Å². The maximum Gasteiger partial charge on any atom is 0.418 e. The predicted octanol–water partition coefficient (Wildman–Crippen LogP) is 4.18.